The van der Waals surface area contributed by atoms with Crippen molar-refractivity contribution in [3.05, 3.63) is 82.4 Å². The number of carbonyl (C=O) groups excluding carboxylic acids is 1. The number of carbonyl (C=O) groups is 1. The number of benzene rings is 2. The molecule has 1 amide bonds. The van der Waals surface area contributed by atoms with Crippen molar-refractivity contribution in [2.75, 3.05) is 12.4 Å². The van der Waals surface area contributed by atoms with Crippen LogP contribution in [0.1, 0.15) is 16.1 Å². The molecule has 7 nitrogen and oxygen atoms in total. The van der Waals surface area contributed by atoms with Crippen LogP contribution in [0.3, 0.4) is 0 Å². The Hall–Kier alpha value is -3.87. The van der Waals surface area contributed by atoms with Gasteiger partial charge in [0.2, 0.25) is 0 Å². The van der Waals surface area contributed by atoms with E-state index in [0.29, 0.717) is 17.1 Å². The smallest absolute Gasteiger partial charge is 0.285 e. The van der Waals surface area contributed by atoms with Crippen LogP contribution in [0.5, 0.6) is 5.75 Å². The van der Waals surface area contributed by atoms with Gasteiger partial charge in [-0.25, -0.2) is 9.50 Å². The zero-order valence-corrected chi connectivity index (χ0v) is 15.4. The monoisotopic (exact) mass is 374 g/mol. The molecule has 0 aliphatic rings. The van der Waals surface area contributed by atoms with E-state index in [9.17, 15) is 9.59 Å². The second kappa shape index (κ2) is 7.03. The standard InChI is InChI=1S/C21H18N4O3/c1-13-18(14-8-4-3-5-9-14)19-22-12-15(21(27)25(19)24-13)20(26)23-16-10-6-7-11-17(16)28-2/h3-12,24H,1-2H3,(H,23,26). The van der Waals surface area contributed by atoms with Crippen LogP contribution in [0, 0.1) is 6.92 Å². The highest BCUT2D eigenvalue weighted by Crippen LogP contribution is 2.26. The minimum absolute atomic E-state index is 0.0655. The van der Waals surface area contributed by atoms with Crippen molar-refractivity contribution >= 4 is 17.2 Å². The molecule has 0 fully saturated rings. The van der Waals surface area contributed by atoms with Gasteiger partial charge in [0.25, 0.3) is 11.5 Å². The number of nitrogens with one attached hydrogen (secondary N) is 2. The molecule has 2 N–H and O–H groups in total. The molecule has 0 aliphatic heterocycles. The summed E-state index contributed by atoms with van der Waals surface area (Å²) in [5.74, 6) is -0.0445. The Morgan fingerprint density at radius 2 is 1.82 bits per heavy atom. The summed E-state index contributed by atoms with van der Waals surface area (Å²) in [6.07, 6.45) is 1.31. The van der Waals surface area contributed by atoms with E-state index in [1.165, 1.54) is 17.8 Å². The van der Waals surface area contributed by atoms with Gasteiger partial charge in [-0.3, -0.25) is 14.7 Å². The van der Waals surface area contributed by atoms with E-state index >= 15 is 0 Å². The molecule has 4 rings (SSSR count). The molecule has 2 aromatic heterocycles. The highest BCUT2D eigenvalue weighted by Gasteiger charge is 2.19. The van der Waals surface area contributed by atoms with E-state index in [2.05, 4.69) is 15.4 Å². The summed E-state index contributed by atoms with van der Waals surface area (Å²) in [6.45, 7) is 1.87. The number of anilines is 1. The predicted molar refractivity (Wildman–Crippen MR) is 107 cm³/mol. The Morgan fingerprint density at radius 3 is 2.57 bits per heavy atom. The van der Waals surface area contributed by atoms with E-state index in [1.54, 1.807) is 24.3 Å². The Morgan fingerprint density at radius 1 is 1.11 bits per heavy atom. The first-order chi connectivity index (χ1) is 13.6. The molecule has 0 saturated heterocycles. The fraction of sp³-hybridized carbons (Fsp3) is 0.0952. The number of hydrogen-bond acceptors (Lipinski definition) is 4. The molecule has 0 radical (unpaired) electrons. The topological polar surface area (TPSA) is 88.5 Å². The summed E-state index contributed by atoms with van der Waals surface area (Å²) >= 11 is 0. The molecule has 7 heteroatoms. The fourth-order valence-electron chi connectivity index (χ4n) is 3.17. The van der Waals surface area contributed by atoms with E-state index in [1.807, 2.05) is 37.3 Å². The zero-order valence-electron chi connectivity index (χ0n) is 15.4. The lowest BCUT2D eigenvalue weighted by Gasteiger charge is -2.09. The number of amides is 1. The molecule has 0 aliphatic carbocycles. The lowest BCUT2D eigenvalue weighted by Crippen LogP contribution is -2.27. The van der Waals surface area contributed by atoms with Crippen LogP contribution in [0.4, 0.5) is 5.69 Å². The number of methoxy groups -OCH3 is 1. The highest BCUT2D eigenvalue weighted by atomic mass is 16.5. The van der Waals surface area contributed by atoms with Crippen LogP contribution >= 0.6 is 0 Å². The van der Waals surface area contributed by atoms with Gasteiger partial charge in [-0.2, -0.15) is 0 Å². The third-order valence-corrected chi connectivity index (χ3v) is 4.50. The number of hydrogen-bond donors (Lipinski definition) is 2. The molecule has 0 saturated carbocycles. The third kappa shape index (κ3) is 2.92. The average molecular weight is 374 g/mol. The maximum atomic E-state index is 12.9. The minimum Gasteiger partial charge on any atom is -0.495 e. The number of aromatic nitrogens is 3. The van der Waals surface area contributed by atoms with E-state index in [4.69, 9.17) is 4.74 Å². The number of para-hydroxylation sites is 2. The van der Waals surface area contributed by atoms with Gasteiger partial charge in [-0.1, -0.05) is 42.5 Å². The van der Waals surface area contributed by atoms with Crippen molar-refractivity contribution in [3.63, 3.8) is 0 Å². The quantitative estimate of drug-likeness (QED) is 0.574. The van der Waals surface area contributed by atoms with Crippen LogP contribution in [0.15, 0.2) is 65.6 Å². The number of aryl methyl sites for hydroxylation is 1. The Balaban J connectivity index is 1.77. The Kier molecular flexibility index (Phi) is 4.41. The van der Waals surface area contributed by atoms with Crippen molar-refractivity contribution in [1.29, 1.82) is 0 Å². The molecule has 0 unspecified atom stereocenters. The highest BCUT2D eigenvalue weighted by molar-refractivity contribution is 6.04. The average Bonchev–Trinajstić information content (AvgIpc) is 3.06. The second-order valence-corrected chi connectivity index (χ2v) is 6.27. The van der Waals surface area contributed by atoms with Crippen molar-refractivity contribution in [2.24, 2.45) is 0 Å². The SMILES string of the molecule is COc1ccccc1NC(=O)c1cnc2c(-c3ccccc3)c(C)[nH]n2c1=O. The lowest BCUT2D eigenvalue weighted by atomic mass is 10.1. The van der Waals surface area contributed by atoms with Crippen LogP contribution in [0.25, 0.3) is 16.8 Å². The summed E-state index contributed by atoms with van der Waals surface area (Å²) in [7, 11) is 1.51. The van der Waals surface area contributed by atoms with Crippen molar-refractivity contribution in [1.82, 2.24) is 14.6 Å². The van der Waals surface area contributed by atoms with Gasteiger partial charge < -0.3 is 10.1 Å². The first-order valence-corrected chi connectivity index (χ1v) is 8.70. The molecule has 2 aromatic carbocycles. The van der Waals surface area contributed by atoms with Gasteiger partial charge in [0.15, 0.2) is 5.65 Å². The van der Waals surface area contributed by atoms with E-state index in [0.717, 1.165) is 16.8 Å². The molecular weight excluding hydrogens is 356 g/mol. The largest absolute Gasteiger partial charge is 0.495 e. The van der Waals surface area contributed by atoms with Crippen LogP contribution < -0.4 is 15.6 Å². The van der Waals surface area contributed by atoms with E-state index < -0.39 is 11.5 Å². The third-order valence-electron chi connectivity index (χ3n) is 4.50. The first-order valence-electron chi connectivity index (χ1n) is 8.70. The Labute approximate surface area is 160 Å². The van der Waals surface area contributed by atoms with Gasteiger partial charge in [0.05, 0.1) is 12.8 Å². The van der Waals surface area contributed by atoms with Crippen molar-refractivity contribution in [2.45, 2.75) is 6.92 Å². The van der Waals surface area contributed by atoms with Gasteiger partial charge in [0.1, 0.15) is 11.3 Å². The molecular formula is C21H18N4O3. The molecule has 140 valence electrons. The van der Waals surface area contributed by atoms with Gasteiger partial charge in [-0.05, 0) is 24.6 Å². The maximum absolute atomic E-state index is 12.9. The second-order valence-electron chi connectivity index (χ2n) is 6.27. The number of aromatic amines is 1. The summed E-state index contributed by atoms with van der Waals surface area (Å²) in [5.41, 5.74) is 2.98. The van der Waals surface area contributed by atoms with Crippen LogP contribution in [-0.2, 0) is 0 Å². The lowest BCUT2D eigenvalue weighted by molar-refractivity contribution is 0.102. The summed E-state index contributed by atoms with van der Waals surface area (Å²) in [6, 6.07) is 16.7. The maximum Gasteiger partial charge on any atom is 0.285 e. The summed E-state index contributed by atoms with van der Waals surface area (Å²) in [5, 5.41) is 5.72. The van der Waals surface area contributed by atoms with Crippen LogP contribution in [0.2, 0.25) is 0 Å². The summed E-state index contributed by atoms with van der Waals surface area (Å²) in [4.78, 5) is 30.0. The minimum atomic E-state index is -0.551. The van der Waals surface area contributed by atoms with Gasteiger partial charge in [-0.15, -0.1) is 0 Å². The molecule has 0 bridgehead atoms. The molecule has 4 aromatic rings. The number of nitrogens with zero attached hydrogens (tertiary/aromatic N) is 2. The zero-order chi connectivity index (χ0) is 19.7. The predicted octanol–water partition coefficient (Wildman–Crippen LogP) is 3.26. The van der Waals surface area contributed by atoms with Gasteiger partial charge in [0, 0.05) is 17.5 Å². The number of fused-ring (bicyclic) bond motifs is 1. The van der Waals surface area contributed by atoms with Crippen molar-refractivity contribution in [3.8, 4) is 16.9 Å². The number of ether oxygens (including phenoxy) is 1. The number of H-pyrrole nitrogens is 1. The molecule has 0 spiro atoms. The first kappa shape index (κ1) is 17.5. The Bertz CT molecular complexity index is 1230. The van der Waals surface area contributed by atoms with E-state index in [-0.39, 0.29) is 5.56 Å². The fourth-order valence-corrected chi connectivity index (χ4v) is 3.17. The molecule has 28 heavy (non-hydrogen) atoms. The normalized spacial score (nSPS) is 10.8. The summed E-state index contributed by atoms with van der Waals surface area (Å²) < 4.78 is 6.53. The van der Waals surface area contributed by atoms with Crippen molar-refractivity contribution < 1.29 is 9.53 Å². The van der Waals surface area contributed by atoms with Crippen LogP contribution in [-0.4, -0.2) is 27.6 Å². The van der Waals surface area contributed by atoms with Gasteiger partial charge >= 0.3 is 0 Å². The molecule has 2 heterocycles. The molecule has 0 atom stereocenters. The number of rotatable bonds is 4.